The predicted molar refractivity (Wildman–Crippen MR) is 111 cm³/mol. The number of nitrogens with zero attached hydrogens (tertiary/aromatic N) is 3. The number of nitriles is 1. The molecule has 0 aliphatic carbocycles. The van der Waals surface area contributed by atoms with Gasteiger partial charge in [0.2, 0.25) is 0 Å². The molecule has 1 aromatic carbocycles. The molecule has 1 aliphatic rings. The quantitative estimate of drug-likeness (QED) is 0.667. The fraction of sp³-hybridized carbons (Fsp3) is 0.227. The average Bonchev–Trinajstić information content (AvgIpc) is 3.21. The summed E-state index contributed by atoms with van der Waals surface area (Å²) in [5.41, 5.74) is 9.95. The second-order valence-electron chi connectivity index (χ2n) is 7.17. The van der Waals surface area contributed by atoms with Crippen molar-refractivity contribution in [1.82, 2.24) is 9.88 Å². The van der Waals surface area contributed by atoms with Gasteiger partial charge in [0.1, 0.15) is 11.3 Å². The van der Waals surface area contributed by atoms with Crippen LogP contribution in [0.2, 0.25) is 0 Å². The number of H-pyrrole nitrogens is 1. The van der Waals surface area contributed by atoms with Crippen LogP contribution in [0.5, 0.6) is 0 Å². The summed E-state index contributed by atoms with van der Waals surface area (Å²) < 4.78 is 5.61. The molecule has 7 nitrogen and oxygen atoms in total. The van der Waals surface area contributed by atoms with Gasteiger partial charge in [-0.2, -0.15) is 5.26 Å². The maximum Gasteiger partial charge on any atom is 0.255 e. The number of carbonyl (C=O) groups is 1. The molecule has 1 aliphatic heterocycles. The molecule has 3 heterocycles. The van der Waals surface area contributed by atoms with Crippen LogP contribution in [0, 0.1) is 31.1 Å². The molecule has 146 valence electrons. The van der Waals surface area contributed by atoms with Crippen LogP contribution < -0.4 is 5.73 Å². The Morgan fingerprint density at radius 2 is 2.17 bits per heavy atom. The number of nitrogens with one attached hydrogen (secondary N) is 1. The van der Waals surface area contributed by atoms with Crippen LogP contribution in [0.3, 0.4) is 0 Å². The Morgan fingerprint density at radius 1 is 1.38 bits per heavy atom. The van der Waals surface area contributed by atoms with Gasteiger partial charge in [0, 0.05) is 24.7 Å². The number of aliphatic imine (C=N–C) groups is 1. The van der Waals surface area contributed by atoms with E-state index in [1.165, 1.54) is 6.20 Å². The number of hydrogen-bond acceptors (Lipinski definition) is 5. The highest BCUT2D eigenvalue weighted by molar-refractivity contribution is 6.11. The minimum absolute atomic E-state index is 0.0727. The third kappa shape index (κ3) is 3.41. The Kier molecular flexibility index (Phi) is 4.69. The molecule has 2 aromatic heterocycles. The van der Waals surface area contributed by atoms with Gasteiger partial charge in [-0.1, -0.05) is 0 Å². The maximum absolute atomic E-state index is 12.7. The van der Waals surface area contributed by atoms with Crippen LogP contribution in [0.1, 0.15) is 27.4 Å². The third-order valence-electron chi connectivity index (χ3n) is 5.10. The van der Waals surface area contributed by atoms with E-state index in [-0.39, 0.29) is 11.8 Å². The van der Waals surface area contributed by atoms with E-state index in [9.17, 15) is 4.79 Å². The first-order valence-electron chi connectivity index (χ1n) is 9.34. The van der Waals surface area contributed by atoms with Gasteiger partial charge in [0.05, 0.1) is 34.6 Å². The lowest BCUT2D eigenvalue weighted by Crippen LogP contribution is -2.49. The lowest BCUT2D eigenvalue weighted by molar-refractivity contribution is 0.0577. The SMILES string of the molecule is Cc1cc2cc(N=C(/C=C\N)c3[nH]cc(C(=O)N4CC(C#N)C4)c3C)ccc2o1. The second-order valence-corrected chi connectivity index (χ2v) is 7.17. The Labute approximate surface area is 168 Å². The van der Waals surface area contributed by atoms with Crippen molar-refractivity contribution in [3.8, 4) is 6.07 Å². The van der Waals surface area contributed by atoms with E-state index in [0.29, 0.717) is 24.4 Å². The fourth-order valence-electron chi connectivity index (χ4n) is 3.52. The molecule has 3 aromatic rings. The summed E-state index contributed by atoms with van der Waals surface area (Å²) in [5, 5.41) is 9.89. The van der Waals surface area contributed by atoms with Crippen molar-refractivity contribution in [3.63, 3.8) is 0 Å². The number of aromatic nitrogens is 1. The maximum atomic E-state index is 12.7. The first-order chi connectivity index (χ1) is 14.0. The van der Waals surface area contributed by atoms with Crippen molar-refractivity contribution < 1.29 is 9.21 Å². The molecule has 4 rings (SSSR count). The van der Waals surface area contributed by atoms with Gasteiger partial charge in [-0.25, -0.2) is 4.99 Å². The number of allylic oxidation sites excluding steroid dienone is 1. The molecule has 0 saturated carbocycles. The molecule has 7 heteroatoms. The highest BCUT2D eigenvalue weighted by Crippen LogP contribution is 2.26. The number of furan rings is 1. The lowest BCUT2D eigenvalue weighted by atomic mass is 10.00. The number of likely N-dealkylation sites (tertiary alicyclic amines) is 1. The molecule has 0 spiro atoms. The Hall–Kier alpha value is -3.79. The largest absolute Gasteiger partial charge is 0.461 e. The third-order valence-corrected chi connectivity index (χ3v) is 5.10. The molecular weight excluding hydrogens is 366 g/mol. The number of benzene rings is 1. The number of carbonyl (C=O) groups excluding carboxylic acids is 1. The highest BCUT2D eigenvalue weighted by Gasteiger charge is 2.32. The van der Waals surface area contributed by atoms with Crippen molar-refractivity contribution in [2.75, 3.05) is 13.1 Å². The summed E-state index contributed by atoms with van der Waals surface area (Å²) in [5.74, 6) is 0.690. The van der Waals surface area contributed by atoms with Gasteiger partial charge >= 0.3 is 0 Å². The van der Waals surface area contributed by atoms with Crippen molar-refractivity contribution >= 4 is 28.3 Å². The van der Waals surface area contributed by atoms with Crippen molar-refractivity contribution in [3.05, 3.63) is 65.3 Å². The van der Waals surface area contributed by atoms with Crippen LogP contribution in [0.25, 0.3) is 11.0 Å². The summed E-state index contributed by atoms with van der Waals surface area (Å²) in [4.78, 5) is 22.3. The summed E-state index contributed by atoms with van der Waals surface area (Å²) >= 11 is 0. The number of hydrogen-bond donors (Lipinski definition) is 2. The zero-order valence-corrected chi connectivity index (χ0v) is 16.3. The molecular formula is C22H21N5O2. The van der Waals surface area contributed by atoms with Crippen LogP contribution >= 0.6 is 0 Å². The molecule has 0 atom stereocenters. The summed E-state index contributed by atoms with van der Waals surface area (Å²) in [7, 11) is 0. The monoisotopic (exact) mass is 387 g/mol. The van der Waals surface area contributed by atoms with Crippen molar-refractivity contribution in [2.45, 2.75) is 13.8 Å². The van der Waals surface area contributed by atoms with Crippen molar-refractivity contribution in [1.29, 1.82) is 5.26 Å². The molecule has 0 radical (unpaired) electrons. The minimum atomic E-state index is -0.0807. The zero-order valence-electron chi connectivity index (χ0n) is 16.3. The van der Waals surface area contributed by atoms with Gasteiger partial charge in [-0.3, -0.25) is 4.79 Å². The van der Waals surface area contributed by atoms with Crippen LogP contribution in [-0.4, -0.2) is 34.6 Å². The molecule has 3 N–H and O–H groups in total. The fourth-order valence-corrected chi connectivity index (χ4v) is 3.52. The highest BCUT2D eigenvalue weighted by atomic mass is 16.3. The van der Waals surface area contributed by atoms with Crippen LogP contribution in [0.15, 0.2) is 52.1 Å². The lowest BCUT2D eigenvalue weighted by Gasteiger charge is -2.35. The number of fused-ring (bicyclic) bond motifs is 1. The number of aromatic amines is 1. The Bertz CT molecular complexity index is 1190. The van der Waals surface area contributed by atoms with E-state index < -0.39 is 0 Å². The smallest absolute Gasteiger partial charge is 0.255 e. The summed E-state index contributed by atoms with van der Waals surface area (Å²) in [6.07, 6.45) is 4.82. The van der Waals surface area contributed by atoms with E-state index in [2.05, 4.69) is 11.1 Å². The van der Waals surface area contributed by atoms with Gasteiger partial charge in [-0.15, -0.1) is 0 Å². The van der Waals surface area contributed by atoms with E-state index in [0.717, 1.165) is 33.7 Å². The number of rotatable bonds is 4. The minimum Gasteiger partial charge on any atom is -0.461 e. The molecule has 0 bridgehead atoms. The van der Waals surface area contributed by atoms with E-state index in [1.54, 1.807) is 17.2 Å². The van der Waals surface area contributed by atoms with E-state index in [4.69, 9.17) is 20.4 Å². The second kappa shape index (κ2) is 7.32. The summed E-state index contributed by atoms with van der Waals surface area (Å²) in [6.45, 7) is 4.73. The first kappa shape index (κ1) is 18.6. The van der Waals surface area contributed by atoms with E-state index >= 15 is 0 Å². The Morgan fingerprint density at radius 3 is 2.90 bits per heavy atom. The normalized spacial score (nSPS) is 15.1. The predicted octanol–water partition coefficient (Wildman–Crippen LogP) is 3.57. The number of amides is 1. The first-order valence-corrected chi connectivity index (χ1v) is 9.34. The van der Waals surface area contributed by atoms with Crippen LogP contribution in [0.4, 0.5) is 5.69 Å². The van der Waals surface area contributed by atoms with Gasteiger partial charge < -0.3 is 20.0 Å². The van der Waals surface area contributed by atoms with Crippen molar-refractivity contribution in [2.24, 2.45) is 16.6 Å². The molecule has 0 unspecified atom stereocenters. The van der Waals surface area contributed by atoms with Gasteiger partial charge in [0.25, 0.3) is 5.91 Å². The van der Waals surface area contributed by atoms with Crippen LogP contribution in [-0.2, 0) is 0 Å². The molecule has 1 amide bonds. The summed E-state index contributed by atoms with van der Waals surface area (Å²) in [6, 6.07) is 9.86. The van der Waals surface area contributed by atoms with E-state index in [1.807, 2.05) is 38.1 Å². The topological polar surface area (TPSA) is 111 Å². The van der Waals surface area contributed by atoms with Gasteiger partial charge in [0.15, 0.2) is 0 Å². The molecule has 1 fully saturated rings. The molecule has 1 saturated heterocycles. The molecule has 29 heavy (non-hydrogen) atoms. The Balaban J connectivity index is 1.66. The number of aryl methyl sites for hydroxylation is 1. The standard InChI is InChI=1S/C22H21N5O2/c1-13-7-16-8-17(3-4-20(16)29-13)26-19(5-6-23)21-14(2)18(10-25-21)22(28)27-11-15(9-24)12-27/h3-8,10,15,25H,11-12,23H2,1-2H3/b6-5-,26-19?. The average molecular weight is 387 g/mol. The number of nitrogens with two attached hydrogens (primary N) is 1. The zero-order chi connectivity index (χ0) is 20.5. The van der Waals surface area contributed by atoms with Gasteiger partial charge in [-0.05, 0) is 56.0 Å².